The van der Waals surface area contributed by atoms with Crippen LogP contribution in [0.1, 0.15) is 43.0 Å². The minimum atomic E-state index is -0.00503. The third-order valence-corrected chi connectivity index (χ3v) is 4.40. The number of nitrogens with one attached hydrogen (secondary N) is 2. The number of piperidine rings is 1. The molecule has 0 aromatic carbocycles. The van der Waals surface area contributed by atoms with Crippen LogP contribution in [0.4, 0.5) is 5.82 Å². The summed E-state index contributed by atoms with van der Waals surface area (Å²) in [6.07, 6.45) is 6.16. The average molecular weight is 288 g/mol. The van der Waals surface area contributed by atoms with Gasteiger partial charge in [0.25, 0.3) is 5.91 Å². The molecule has 2 atom stereocenters. The smallest absolute Gasteiger partial charge is 0.253 e. The van der Waals surface area contributed by atoms with Gasteiger partial charge < -0.3 is 15.5 Å². The Labute approximate surface area is 126 Å². The highest BCUT2D eigenvalue weighted by atomic mass is 16.1. The van der Waals surface area contributed by atoms with E-state index in [0.29, 0.717) is 11.6 Å². The van der Waals surface area contributed by atoms with Crippen LogP contribution < -0.4 is 15.5 Å². The van der Waals surface area contributed by atoms with Crippen LogP contribution in [0.15, 0.2) is 18.3 Å². The molecular weight excluding hydrogens is 264 g/mol. The number of hydrogen-bond acceptors (Lipinski definition) is 4. The van der Waals surface area contributed by atoms with E-state index in [2.05, 4.69) is 27.4 Å². The third kappa shape index (κ3) is 3.53. The summed E-state index contributed by atoms with van der Waals surface area (Å²) >= 11 is 0. The summed E-state index contributed by atoms with van der Waals surface area (Å²) < 4.78 is 0. The number of aromatic nitrogens is 1. The van der Waals surface area contributed by atoms with Gasteiger partial charge in [-0.2, -0.15) is 0 Å². The first-order valence-corrected chi connectivity index (χ1v) is 7.97. The van der Waals surface area contributed by atoms with Gasteiger partial charge in [0.1, 0.15) is 5.82 Å². The molecule has 1 aromatic rings. The quantitative estimate of drug-likeness (QED) is 0.886. The van der Waals surface area contributed by atoms with Crippen molar-refractivity contribution in [3.8, 4) is 0 Å². The van der Waals surface area contributed by atoms with E-state index in [1.807, 2.05) is 12.1 Å². The van der Waals surface area contributed by atoms with Crippen LogP contribution in [0, 0.1) is 0 Å². The van der Waals surface area contributed by atoms with Gasteiger partial charge in [0.2, 0.25) is 0 Å². The van der Waals surface area contributed by atoms with Gasteiger partial charge >= 0.3 is 0 Å². The molecule has 2 N–H and O–H groups in total. The number of carbonyl (C=O) groups excluding carboxylic acids is 1. The maximum atomic E-state index is 12.3. The lowest BCUT2D eigenvalue weighted by Crippen LogP contribution is -2.46. The molecule has 5 heteroatoms. The minimum Gasteiger partial charge on any atom is -0.357 e. The van der Waals surface area contributed by atoms with E-state index in [1.54, 1.807) is 6.20 Å². The highest BCUT2D eigenvalue weighted by Gasteiger charge is 2.21. The SMILES string of the molecule is CC1CC(NC(=O)c2ccc(N3CCCC3)nc2)CCN1. The van der Waals surface area contributed by atoms with E-state index >= 15 is 0 Å². The number of nitrogens with zero attached hydrogens (tertiary/aromatic N) is 2. The van der Waals surface area contributed by atoms with Crippen molar-refractivity contribution in [2.75, 3.05) is 24.5 Å². The highest BCUT2D eigenvalue weighted by Crippen LogP contribution is 2.17. The molecule has 0 spiro atoms. The molecule has 2 fully saturated rings. The molecule has 5 nitrogen and oxygen atoms in total. The highest BCUT2D eigenvalue weighted by molar-refractivity contribution is 5.94. The first kappa shape index (κ1) is 14.3. The zero-order chi connectivity index (χ0) is 14.7. The van der Waals surface area contributed by atoms with Crippen molar-refractivity contribution in [1.82, 2.24) is 15.6 Å². The Morgan fingerprint density at radius 1 is 1.38 bits per heavy atom. The zero-order valence-corrected chi connectivity index (χ0v) is 12.6. The molecule has 3 rings (SSSR count). The number of hydrogen-bond donors (Lipinski definition) is 2. The van der Waals surface area contributed by atoms with Gasteiger partial charge in [0.15, 0.2) is 0 Å². The predicted molar refractivity (Wildman–Crippen MR) is 83.6 cm³/mol. The Morgan fingerprint density at radius 2 is 2.19 bits per heavy atom. The van der Waals surface area contributed by atoms with Crippen molar-refractivity contribution in [3.05, 3.63) is 23.9 Å². The Kier molecular flexibility index (Phi) is 4.39. The van der Waals surface area contributed by atoms with E-state index in [9.17, 15) is 4.79 Å². The number of anilines is 1. The summed E-state index contributed by atoms with van der Waals surface area (Å²) in [4.78, 5) is 19.0. The van der Waals surface area contributed by atoms with Crippen molar-refractivity contribution in [2.45, 2.75) is 44.7 Å². The standard InChI is InChI=1S/C16H24N4O/c1-12-10-14(6-7-17-12)19-16(21)13-4-5-15(18-11-13)20-8-2-3-9-20/h4-5,11-12,14,17H,2-3,6-10H2,1H3,(H,19,21). The first-order valence-electron chi connectivity index (χ1n) is 7.97. The molecular formula is C16H24N4O. The van der Waals surface area contributed by atoms with Crippen molar-refractivity contribution in [2.24, 2.45) is 0 Å². The molecule has 114 valence electrons. The average Bonchev–Trinajstić information content (AvgIpc) is 3.01. The second kappa shape index (κ2) is 6.43. The van der Waals surface area contributed by atoms with E-state index in [-0.39, 0.29) is 11.9 Å². The van der Waals surface area contributed by atoms with E-state index < -0.39 is 0 Å². The Bertz CT molecular complexity index is 482. The van der Waals surface area contributed by atoms with E-state index in [4.69, 9.17) is 0 Å². The normalized spacial score (nSPS) is 25.9. The number of amides is 1. The maximum Gasteiger partial charge on any atom is 0.253 e. The topological polar surface area (TPSA) is 57.3 Å². The van der Waals surface area contributed by atoms with Crippen LogP contribution in [0.25, 0.3) is 0 Å². The molecule has 0 bridgehead atoms. The molecule has 2 saturated heterocycles. The lowest BCUT2D eigenvalue weighted by Gasteiger charge is -2.28. The molecule has 2 aliphatic heterocycles. The molecule has 0 radical (unpaired) electrons. The van der Waals surface area contributed by atoms with Crippen molar-refractivity contribution in [1.29, 1.82) is 0 Å². The lowest BCUT2D eigenvalue weighted by atomic mass is 10.0. The number of pyridine rings is 1. The number of carbonyl (C=O) groups is 1. The van der Waals surface area contributed by atoms with E-state index in [1.165, 1.54) is 12.8 Å². The van der Waals surface area contributed by atoms with Gasteiger partial charge in [-0.1, -0.05) is 0 Å². The van der Waals surface area contributed by atoms with Gasteiger partial charge in [-0.15, -0.1) is 0 Å². The van der Waals surface area contributed by atoms with Crippen molar-refractivity contribution in [3.63, 3.8) is 0 Å². The number of rotatable bonds is 3. The second-order valence-electron chi connectivity index (χ2n) is 6.15. The van der Waals surface area contributed by atoms with Crippen LogP contribution in [-0.4, -0.2) is 42.6 Å². The zero-order valence-electron chi connectivity index (χ0n) is 12.6. The summed E-state index contributed by atoms with van der Waals surface area (Å²) in [5, 5.41) is 6.52. The predicted octanol–water partition coefficient (Wildman–Crippen LogP) is 1.55. The second-order valence-corrected chi connectivity index (χ2v) is 6.15. The van der Waals surface area contributed by atoms with Crippen LogP contribution in [0.2, 0.25) is 0 Å². The van der Waals surface area contributed by atoms with Gasteiger partial charge in [-0.25, -0.2) is 4.98 Å². The molecule has 1 aromatic heterocycles. The Hall–Kier alpha value is -1.62. The maximum absolute atomic E-state index is 12.3. The molecule has 2 unspecified atom stereocenters. The summed E-state index contributed by atoms with van der Waals surface area (Å²) in [5.41, 5.74) is 0.657. The fourth-order valence-electron chi connectivity index (χ4n) is 3.19. The van der Waals surface area contributed by atoms with Crippen LogP contribution in [-0.2, 0) is 0 Å². The summed E-state index contributed by atoms with van der Waals surface area (Å²) in [6.45, 7) is 5.28. The summed E-state index contributed by atoms with van der Waals surface area (Å²) in [6, 6.07) is 4.60. The third-order valence-electron chi connectivity index (χ3n) is 4.40. The van der Waals surface area contributed by atoms with Crippen LogP contribution in [0.5, 0.6) is 0 Å². The Balaban J connectivity index is 1.59. The summed E-state index contributed by atoms with van der Waals surface area (Å²) in [7, 11) is 0. The molecule has 3 heterocycles. The Morgan fingerprint density at radius 3 is 2.86 bits per heavy atom. The van der Waals surface area contributed by atoms with Crippen molar-refractivity contribution >= 4 is 11.7 Å². The van der Waals surface area contributed by atoms with Crippen LogP contribution >= 0.6 is 0 Å². The molecule has 21 heavy (non-hydrogen) atoms. The largest absolute Gasteiger partial charge is 0.357 e. The monoisotopic (exact) mass is 288 g/mol. The van der Waals surface area contributed by atoms with Crippen LogP contribution in [0.3, 0.4) is 0 Å². The van der Waals surface area contributed by atoms with Gasteiger partial charge in [0.05, 0.1) is 5.56 Å². The van der Waals surface area contributed by atoms with E-state index in [0.717, 1.165) is 38.3 Å². The van der Waals surface area contributed by atoms with Crippen molar-refractivity contribution < 1.29 is 4.79 Å². The first-order chi connectivity index (χ1) is 10.2. The van der Waals surface area contributed by atoms with Gasteiger partial charge in [0, 0.05) is 31.4 Å². The van der Waals surface area contributed by atoms with Gasteiger partial charge in [-0.05, 0) is 51.3 Å². The summed E-state index contributed by atoms with van der Waals surface area (Å²) in [5.74, 6) is 0.981. The molecule has 0 aliphatic carbocycles. The fraction of sp³-hybridized carbons (Fsp3) is 0.625. The molecule has 0 saturated carbocycles. The minimum absolute atomic E-state index is 0.00503. The fourth-order valence-corrected chi connectivity index (χ4v) is 3.19. The molecule has 1 amide bonds. The lowest BCUT2D eigenvalue weighted by molar-refractivity contribution is 0.0925. The molecule has 2 aliphatic rings. The van der Waals surface area contributed by atoms with Gasteiger partial charge in [-0.3, -0.25) is 4.79 Å².